The van der Waals surface area contributed by atoms with Crippen LogP contribution in [-0.2, 0) is 11.3 Å². The molecule has 1 aromatic heterocycles. The summed E-state index contributed by atoms with van der Waals surface area (Å²) in [4.78, 5) is 4.49. The van der Waals surface area contributed by atoms with Crippen LogP contribution < -0.4 is 10.1 Å². The standard InChI is InChI=1S/C14H22N2O2/c1-11(2)8-15-9-12-4-3-5-14(16-12)18-13-6-7-17-10-13/h3-5,11,13,15H,6-10H2,1-2H3. The van der Waals surface area contributed by atoms with E-state index in [1.807, 2.05) is 18.2 Å². The highest BCUT2D eigenvalue weighted by atomic mass is 16.5. The third-order valence-electron chi connectivity index (χ3n) is 2.82. The van der Waals surface area contributed by atoms with Gasteiger partial charge in [0.2, 0.25) is 5.88 Å². The molecule has 1 atom stereocenters. The van der Waals surface area contributed by atoms with Crippen molar-refractivity contribution in [1.82, 2.24) is 10.3 Å². The lowest BCUT2D eigenvalue weighted by Gasteiger charge is -2.12. The number of hydrogen-bond donors (Lipinski definition) is 1. The number of nitrogens with one attached hydrogen (secondary N) is 1. The van der Waals surface area contributed by atoms with Gasteiger partial charge < -0.3 is 14.8 Å². The van der Waals surface area contributed by atoms with Crippen LogP contribution in [0.2, 0.25) is 0 Å². The average Bonchev–Trinajstić information content (AvgIpc) is 2.82. The molecule has 0 amide bonds. The molecule has 0 spiro atoms. The van der Waals surface area contributed by atoms with Crippen LogP contribution in [0.15, 0.2) is 18.2 Å². The van der Waals surface area contributed by atoms with E-state index in [9.17, 15) is 0 Å². The molecule has 18 heavy (non-hydrogen) atoms. The predicted molar refractivity (Wildman–Crippen MR) is 70.6 cm³/mol. The Labute approximate surface area is 109 Å². The Balaban J connectivity index is 1.84. The van der Waals surface area contributed by atoms with Crippen molar-refractivity contribution in [3.63, 3.8) is 0 Å². The summed E-state index contributed by atoms with van der Waals surface area (Å²) in [5.41, 5.74) is 1.02. The molecule has 0 aromatic carbocycles. The summed E-state index contributed by atoms with van der Waals surface area (Å²) in [6.45, 7) is 7.65. The van der Waals surface area contributed by atoms with Gasteiger partial charge in [0.15, 0.2) is 0 Å². The Morgan fingerprint density at radius 3 is 3.11 bits per heavy atom. The average molecular weight is 250 g/mol. The van der Waals surface area contributed by atoms with Crippen LogP contribution in [0.4, 0.5) is 0 Å². The van der Waals surface area contributed by atoms with Crippen molar-refractivity contribution in [2.75, 3.05) is 19.8 Å². The third kappa shape index (κ3) is 4.27. The Kier molecular flexibility index (Phi) is 4.96. The van der Waals surface area contributed by atoms with Crippen molar-refractivity contribution in [3.05, 3.63) is 23.9 Å². The second kappa shape index (κ2) is 6.71. The topological polar surface area (TPSA) is 43.4 Å². The summed E-state index contributed by atoms with van der Waals surface area (Å²) in [6.07, 6.45) is 1.12. The van der Waals surface area contributed by atoms with Gasteiger partial charge in [-0.3, -0.25) is 0 Å². The highest BCUT2D eigenvalue weighted by Gasteiger charge is 2.17. The van der Waals surface area contributed by atoms with Gasteiger partial charge in [0.1, 0.15) is 6.10 Å². The van der Waals surface area contributed by atoms with E-state index in [1.54, 1.807) is 0 Å². The van der Waals surface area contributed by atoms with Crippen LogP contribution in [-0.4, -0.2) is 30.8 Å². The summed E-state index contributed by atoms with van der Waals surface area (Å²) in [7, 11) is 0. The van der Waals surface area contributed by atoms with Crippen molar-refractivity contribution in [2.24, 2.45) is 5.92 Å². The highest BCUT2D eigenvalue weighted by molar-refractivity contribution is 5.16. The number of hydrogen-bond acceptors (Lipinski definition) is 4. The van der Waals surface area contributed by atoms with E-state index in [0.717, 1.165) is 31.8 Å². The fourth-order valence-electron chi connectivity index (χ4n) is 1.89. The molecule has 2 rings (SSSR count). The predicted octanol–water partition coefficient (Wildman–Crippen LogP) is 1.99. The first kappa shape index (κ1) is 13.3. The molecule has 0 saturated carbocycles. The van der Waals surface area contributed by atoms with Gasteiger partial charge in [-0.15, -0.1) is 0 Å². The molecule has 0 radical (unpaired) electrons. The van der Waals surface area contributed by atoms with Gasteiger partial charge in [0.05, 0.1) is 18.9 Å². The summed E-state index contributed by atoms with van der Waals surface area (Å²) < 4.78 is 11.1. The van der Waals surface area contributed by atoms with Gasteiger partial charge in [0, 0.05) is 19.0 Å². The van der Waals surface area contributed by atoms with Crippen LogP contribution in [0.1, 0.15) is 26.0 Å². The fourth-order valence-corrected chi connectivity index (χ4v) is 1.89. The molecule has 2 heterocycles. The smallest absolute Gasteiger partial charge is 0.213 e. The molecule has 1 aliphatic rings. The lowest BCUT2D eigenvalue weighted by Crippen LogP contribution is -2.20. The van der Waals surface area contributed by atoms with E-state index in [4.69, 9.17) is 9.47 Å². The second-order valence-electron chi connectivity index (χ2n) is 5.10. The minimum Gasteiger partial charge on any atom is -0.472 e. The van der Waals surface area contributed by atoms with E-state index in [1.165, 1.54) is 0 Å². The van der Waals surface area contributed by atoms with Crippen molar-refractivity contribution in [3.8, 4) is 5.88 Å². The molecule has 0 aliphatic carbocycles. The summed E-state index contributed by atoms with van der Waals surface area (Å²) in [6, 6.07) is 5.92. The number of ether oxygens (including phenoxy) is 2. The van der Waals surface area contributed by atoms with Gasteiger partial charge >= 0.3 is 0 Å². The molecule has 4 nitrogen and oxygen atoms in total. The maximum Gasteiger partial charge on any atom is 0.213 e. The molecule has 100 valence electrons. The molecule has 1 fully saturated rings. The lowest BCUT2D eigenvalue weighted by atomic mass is 10.2. The third-order valence-corrected chi connectivity index (χ3v) is 2.82. The highest BCUT2D eigenvalue weighted by Crippen LogP contribution is 2.14. The van der Waals surface area contributed by atoms with Crippen LogP contribution >= 0.6 is 0 Å². The summed E-state index contributed by atoms with van der Waals surface area (Å²) >= 11 is 0. The van der Waals surface area contributed by atoms with Crippen LogP contribution in [0.25, 0.3) is 0 Å². The van der Waals surface area contributed by atoms with Crippen LogP contribution in [0.5, 0.6) is 5.88 Å². The van der Waals surface area contributed by atoms with E-state index in [2.05, 4.69) is 24.1 Å². The lowest BCUT2D eigenvalue weighted by molar-refractivity contribution is 0.138. The Hall–Kier alpha value is -1.13. The zero-order chi connectivity index (χ0) is 12.8. The Morgan fingerprint density at radius 2 is 2.39 bits per heavy atom. The van der Waals surface area contributed by atoms with Crippen LogP contribution in [0.3, 0.4) is 0 Å². The number of pyridine rings is 1. The van der Waals surface area contributed by atoms with E-state index >= 15 is 0 Å². The molecule has 1 aromatic rings. The zero-order valence-corrected chi connectivity index (χ0v) is 11.2. The monoisotopic (exact) mass is 250 g/mol. The first-order valence-corrected chi connectivity index (χ1v) is 6.65. The Morgan fingerprint density at radius 1 is 1.50 bits per heavy atom. The van der Waals surface area contributed by atoms with Crippen molar-refractivity contribution in [2.45, 2.75) is 32.9 Å². The van der Waals surface area contributed by atoms with Gasteiger partial charge in [-0.2, -0.15) is 0 Å². The van der Waals surface area contributed by atoms with Crippen molar-refractivity contribution in [1.29, 1.82) is 0 Å². The quantitative estimate of drug-likeness (QED) is 0.838. The van der Waals surface area contributed by atoms with Crippen LogP contribution in [0, 0.1) is 5.92 Å². The fraction of sp³-hybridized carbons (Fsp3) is 0.643. The Bertz CT molecular complexity index is 363. The first-order valence-electron chi connectivity index (χ1n) is 6.65. The number of rotatable bonds is 6. The van der Waals surface area contributed by atoms with E-state index < -0.39 is 0 Å². The molecular weight excluding hydrogens is 228 g/mol. The van der Waals surface area contributed by atoms with Gasteiger partial charge in [-0.05, 0) is 18.5 Å². The molecular formula is C14H22N2O2. The van der Waals surface area contributed by atoms with Crippen molar-refractivity contribution >= 4 is 0 Å². The number of nitrogens with zero attached hydrogens (tertiary/aromatic N) is 1. The second-order valence-corrected chi connectivity index (χ2v) is 5.10. The normalized spacial score (nSPS) is 19.4. The van der Waals surface area contributed by atoms with E-state index in [-0.39, 0.29) is 6.10 Å². The number of aromatic nitrogens is 1. The van der Waals surface area contributed by atoms with Gasteiger partial charge in [-0.25, -0.2) is 4.98 Å². The molecule has 1 unspecified atom stereocenters. The van der Waals surface area contributed by atoms with Gasteiger partial charge in [-0.1, -0.05) is 19.9 Å². The molecule has 1 aliphatic heterocycles. The van der Waals surface area contributed by atoms with Crippen molar-refractivity contribution < 1.29 is 9.47 Å². The summed E-state index contributed by atoms with van der Waals surface area (Å²) in [5.74, 6) is 1.36. The minimum absolute atomic E-state index is 0.163. The largest absolute Gasteiger partial charge is 0.472 e. The van der Waals surface area contributed by atoms with Gasteiger partial charge in [0.25, 0.3) is 0 Å². The summed E-state index contributed by atoms with van der Waals surface area (Å²) in [5, 5.41) is 3.38. The molecule has 1 saturated heterocycles. The van der Waals surface area contributed by atoms with E-state index in [0.29, 0.717) is 18.4 Å². The maximum atomic E-state index is 5.78. The molecule has 4 heteroatoms. The molecule has 1 N–H and O–H groups in total. The first-order chi connectivity index (χ1) is 8.74. The maximum absolute atomic E-state index is 5.78. The molecule has 0 bridgehead atoms. The minimum atomic E-state index is 0.163. The zero-order valence-electron chi connectivity index (χ0n) is 11.2. The SMILES string of the molecule is CC(C)CNCc1cccc(OC2CCOC2)n1.